The summed E-state index contributed by atoms with van der Waals surface area (Å²) < 4.78 is 5.36. The SMILES string of the molecule is O=C(Cc1ccc(-c2ccccc2)cc1)OCC(=O)N(CCc1ccccc1)Cc1ccccc1. The zero-order valence-electron chi connectivity index (χ0n) is 19.7. The molecule has 0 fully saturated rings. The highest BCUT2D eigenvalue weighted by atomic mass is 16.5. The first-order valence-corrected chi connectivity index (χ1v) is 11.8. The van der Waals surface area contributed by atoms with E-state index in [0.29, 0.717) is 13.1 Å². The summed E-state index contributed by atoms with van der Waals surface area (Å²) in [6.07, 6.45) is 0.867. The Labute approximate surface area is 206 Å². The second-order valence-electron chi connectivity index (χ2n) is 8.44. The monoisotopic (exact) mass is 463 g/mol. The Morgan fingerprint density at radius 3 is 1.77 bits per heavy atom. The van der Waals surface area contributed by atoms with E-state index >= 15 is 0 Å². The number of nitrogens with zero attached hydrogens (tertiary/aromatic N) is 1. The van der Waals surface area contributed by atoms with Gasteiger partial charge in [0, 0.05) is 13.1 Å². The highest BCUT2D eigenvalue weighted by Gasteiger charge is 2.17. The molecule has 0 aliphatic rings. The summed E-state index contributed by atoms with van der Waals surface area (Å²) in [4.78, 5) is 27.2. The third-order valence-electron chi connectivity index (χ3n) is 5.85. The van der Waals surface area contributed by atoms with Crippen LogP contribution in [0.2, 0.25) is 0 Å². The zero-order chi connectivity index (χ0) is 24.3. The van der Waals surface area contributed by atoms with Gasteiger partial charge in [0.1, 0.15) is 0 Å². The summed E-state index contributed by atoms with van der Waals surface area (Å²) >= 11 is 0. The molecule has 0 bridgehead atoms. The zero-order valence-corrected chi connectivity index (χ0v) is 19.7. The Balaban J connectivity index is 1.32. The summed E-state index contributed by atoms with van der Waals surface area (Å²) in [7, 11) is 0. The summed E-state index contributed by atoms with van der Waals surface area (Å²) in [5.41, 5.74) is 5.27. The number of carbonyl (C=O) groups is 2. The smallest absolute Gasteiger partial charge is 0.310 e. The van der Waals surface area contributed by atoms with E-state index in [-0.39, 0.29) is 18.9 Å². The van der Waals surface area contributed by atoms with Crippen LogP contribution in [0.5, 0.6) is 0 Å². The fourth-order valence-electron chi connectivity index (χ4n) is 3.90. The van der Waals surface area contributed by atoms with Gasteiger partial charge in [-0.15, -0.1) is 0 Å². The van der Waals surface area contributed by atoms with Crippen molar-refractivity contribution in [2.24, 2.45) is 0 Å². The first-order valence-electron chi connectivity index (χ1n) is 11.8. The Morgan fingerprint density at radius 2 is 1.14 bits per heavy atom. The molecule has 4 aromatic carbocycles. The van der Waals surface area contributed by atoms with Crippen LogP contribution in [0.25, 0.3) is 11.1 Å². The van der Waals surface area contributed by atoms with Crippen LogP contribution in [0.4, 0.5) is 0 Å². The highest BCUT2D eigenvalue weighted by molar-refractivity contribution is 5.81. The van der Waals surface area contributed by atoms with E-state index in [1.165, 1.54) is 0 Å². The fourth-order valence-corrected chi connectivity index (χ4v) is 3.90. The number of esters is 1. The number of hydrogen-bond acceptors (Lipinski definition) is 3. The Hall–Kier alpha value is -4.18. The Morgan fingerprint density at radius 1 is 0.600 bits per heavy atom. The molecular weight excluding hydrogens is 434 g/mol. The molecule has 4 rings (SSSR count). The Bertz CT molecular complexity index is 1210. The molecule has 1 amide bonds. The number of benzene rings is 4. The van der Waals surface area contributed by atoms with Gasteiger partial charge in [0.2, 0.25) is 0 Å². The van der Waals surface area contributed by atoms with Gasteiger partial charge in [0.05, 0.1) is 6.42 Å². The first-order chi connectivity index (χ1) is 17.2. The van der Waals surface area contributed by atoms with Crippen LogP contribution in [0, 0.1) is 0 Å². The molecule has 0 saturated heterocycles. The van der Waals surface area contributed by atoms with E-state index in [2.05, 4.69) is 0 Å². The summed E-state index contributed by atoms with van der Waals surface area (Å²) in [5.74, 6) is -0.605. The number of rotatable bonds is 10. The molecule has 0 atom stereocenters. The van der Waals surface area contributed by atoms with Crippen LogP contribution in [0.1, 0.15) is 16.7 Å². The lowest BCUT2D eigenvalue weighted by Crippen LogP contribution is -2.36. The molecule has 0 aliphatic carbocycles. The molecular formula is C31H29NO3. The van der Waals surface area contributed by atoms with E-state index in [9.17, 15) is 9.59 Å². The maximum Gasteiger partial charge on any atom is 0.310 e. The van der Waals surface area contributed by atoms with Gasteiger partial charge in [0.15, 0.2) is 6.61 Å². The predicted octanol–water partition coefficient (Wildman–Crippen LogP) is 5.71. The highest BCUT2D eigenvalue weighted by Crippen LogP contribution is 2.19. The molecule has 0 aromatic heterocycles. The van der Waals surface area contributed by atoms with Gasteiger partial charge in [-0.1, -0.05) is 115 Å². The fraction of sp³-hybridized carbons (Fsp3) is 0.161. The molecule has 0 spiro atoms. The van der Waals surface area contributed by atoms with Crippen LogP contribution in [-0.2, 0) is 33.7 Å². The van der Waals surface area contributed by atoms with Crippen LogP contribution < -0.4 is 0 Å². The summed E-state index contributed by atoms with van der Waals surface area (Å²) in [6.45, 7) is 0.768. The van der Waals surface area contributed by atoms with Crippen molar-refractivity contribution >= 4 is 11.9 Å². The second kappa shape index (κ2) is 12.3. The molecule has 0 N–H and O–H groups in total. The van der Waals surface area contributed by atoms with Gasteiger partial charge in [-0.3, -0.25) is 9.59 Å². The topological polar surface area (TPSA) is 46.6 Å². The number of hydrogen-bond donors (Lipinski definition) is 0. The number of carbonyl (C=O) groups excluding carboxylic acids is 2. The van der Waals surface area contributed by atoms with E-state index in [0.717, 1.165) is 34.2 Å². The van der Waals surface area contributed by atoms with Gasteiger partial charge in [-0.25, -0.2) is 0 Å². The van der Waals surface area contributed by atoms with Crippen LogP contribution in [0.15, 0.2) is 115 Å². The Kier molecular flexibility index (Phi) is 8.44. The van der Waals surface area contributed by atoms with Crippen molar-refractivity contribution in [3.05, 3.63) is 132 Å². The van der Waals surface area contributed by atoms with Crippen molar-refractivity contribution in [2.45, 2.75) is 19.4 Å². The van der Waals surface area contributed by atoms with Crippen LogP contribution in [0.3, 0.4) is 0 Å². The average Bonchev–Trinajstić information content (AvgIpc) is 2.92. The third kappa shape index (κ3) is 7.41. The lowest BCUT2D eigenvalue weighted by Gasteiger charge is -2.23. The molecule has 0 heterocycles. The van der Waals surface area contributed by atoms with Crippen molar-refractivity contribution in [3.8, 4) is 11.1 Å². The normalized spacial score (nSPS) is 10.5. The summed E-state index contributed by atoms with van der Waals surface area (Å²) in [6, 6.07) is 37.8. The van der Waals surface area contributed by atoms with Gasteiger partial charge in [-0.05, 0) is 34.2 Å². The minimum absolute atomic E-state index is 0.130. The molecule has 35 heavy (non-hydrogen) atoms. The molecule has 0 unspecified atom stereocenters. The van der Waals surface area contributed by atoms with Crippen LogP contribution >= 0.6 is 0 Å². The summed E-state index contributed by atoms with van der Waals surface area (Å²) in [5, 5.41) is 0. The minimum atomic E-state index is -0.409. The lowest BCUT2D eigenvalue weighted by atomic mass is 10.0. The van der Waals surface area contributed by atoms with Crippen LogP contribution in [-0.4, -0.2) is 29.9 Å². The molecule has 0 saturated carbocycles. The molecule has 0 aliphatic heterocycles. The van der Waals surface area contributed by atoms with E-state index in [1.807, 2.05) is 115 Å². The molecule has 176 valence electrons. The molecule has 0 radical (unpaired) electrons. The average molecular weight is 464 g/mol. The predicted molar refractivity (Wildman–Crippen MR) is 139 cm³/mol. The maximum atomic E-state index is 13.0. The minimum Gasteiger partial charge on any atom is -0.455 e. The lowest BCUT2D eigenvalue weighted by molar-refractivity contribution is -0.151. The second-order valence-corrected chi connectivity index (χ2v) is 8.44. The van der Waals surface area contributed by atoms with Crippen molar-refractivity contribution in [1.29, 1.82) is 0 Å². The van der Waals surface area contributed by atoms with Crippen molar-refractivity contribution in [2.75, 3.05) is 13.2 Å². The third-order valence-corrected chi connectivity index (χ3v) is 5.85. The van der Waals surface area contributed by atoms with E-state index in [4.69, 9.17) is 4.74 Å². The van der Waals surface area contributed by atoms with Crippen molar-refractivity contribution in [3.63, 3.8) is 0 Å². The largest absolute Gasteiger partial charge is 0.455 e. The molecule has 4 heteroatoms. The van der Waals surface area contributed by atoms with E-state index in [1.54, 1.807) is 4.90 Å². The maximum absolute atomic E-state index is 13.0. The van der Waals surface area contributed by atoms with Gasteiger partial charge >= 0.3 is 5.97 Å². The number of ether oxygens (including phenoxy) is 1. The van der Waals surface area contributed by atoms with E-state index < -0.39 is 5.97 Å². The molecule has 4 nitrogen and oxygen atoms in total. The van der Waals surface area contributed by atoms with Gasteiger partial charge in [-0.2, -0.15) is 0 Å². The van der Waals surface area contributed by atoms with Crippen molar-refractivity contribution < 1.29 is 14.3 Å². The quantitative estimate of drug-likeness (QED) is 0.283. The van der Waals surface area contributed by atoms with Gasteiger partial charge < -0.3 is 9.64 Å². The van der Waals surface area contributed by atoms with Crippen molar-refractivity contribution in [1.82, 2.24) is 4.90 Å². The molecule has 4 aromatic rings. The standard InChI is InChI=1S/C31H29NO3/c33-30(32(23-27-12-6-2-7-13-27)21-20-25-10-4-1-5-11-25)24-35-31(34)22-26-16-18-29(19-17-26)28-14-8-3-9-15-28/h1-19H,20-24H2. The van der Waals surface area contributed by atoms with Gasteiger partial charge in [0.25, 0.3) is 5.91 Å². The number of amides is 1. The first kappa shape index (κ1) is 24.0.